The van der Waals surface area contributed by atoms with Crippen molar-refractivity contribution in [2.45, 2.75) is 26.4 Å². The molecule has 0 saturated carbocycles. The fraction of sp³-hybridized carbons (Fsp3) is 0.375. The Kier molecular flexibility index (Phi) is 5.15. The van der Waals surface area contributed by atoms with Gasteiger partial charge in [0.25, 0.3) is 0 Å². The standard InChI is InChI=1S/C16H21FN2S/c1-4-19(11-13-7-6-10-20-13)16-14(12(2)18-3)8-5-9-15(16)17/h5-10,12,18H,4,11H2,1-3H3. The molecule has 1 heterocycles. The van der Waals surface area contributed by atoms with Gasteiger partial charge in [-0.2, -0.15) is 0 Å². The molecule has 1 N–H and O–H groups in total. The van der Waals surface area contributed by atoms with E-state index >= 15 is 0 Å². The number of rotatable bonds is 6. The molecule has 0 spiro atoms. The molecular formula is C16H21FN2S. The fourth-order valence-corrected chi connectivity index (χ4v) is 3.03. The van der Waals surface area contributed by atoms with Crippen LogP contribution in [0.5, 0.6) is 0 Å². The molecule has 1 unspecified atom stereocenters. The van der Waals surface area contributed by atoms with Crippen molar-refractivity contribution >= 4 is 17.0 Å². The first-order chi connectivity index (χ1) is 9.67. The van der Waals surface area contributed by atoms with Crippen molar-refractivity contribution in [3.8, 4) is 0 Å². The number of hydrogen-bond acceptors (Lipinski definition) is 3. The molecule has 2 aromatic rings. The number of para-hydroxylation sites is 1. The van der Waals surface area contributed by atoms with Crippen molar-refractivity contribution < 1.29 is 4.39 Å². The summed E-state index contributed by atoms with van der Waals surface area (Å²) >= 11 is 1.71. The van der Waals surface area contributed by atoms with Crippen LogP contribution in [0.4, 0.5) is 10.1 Å². The van der Waals surface area contributed by atoms with E-state index in [0.717, 1.165) is 18.7 Å². The average Bonchev–Trinajstić information content (AvgIpc) is 2.97. The molecule has 2 nitrogen and oxygen atoms in total. The maximum Gasteiger partial charge on any atom is 0.146 e. The molecule has 0 bridgehead atoms. The number of benzene rings is 1. The first kappa shape index (κ1) is 15.0. The Bertz CT molecular complexity index is 539. The Labute approximate surface area is 124 Å². The minimum absolute atomic E-state index is 0.123. The molecule has 0 saturated heterocycles. The van der Waals surface area contributed by atoms with E-state index in [0.29, 0.717) is 5.69 Å². The maximum absolute atomic E-state index is 14.3. The first-order valence-electron chi connectivity index (χ1n) is 6.90. The summed E-state index contributed by atoms with van der Waals surface area (Å²) in [4.78, 5) is 3.35. The van der Waals surface area contributed by atoms with Crippen molar-refractivity contribution in [1.82, 2.24) is 5.32 Å². The van der Waals surface area contributed by atoms with Crippen LogP contribution in [0.2, 0.25) is 0 Å². The molecule has 4 heteroatoms. The molecule has 2 rings (SSSR count). The van der Waals surface area contributed by atoms with Crippen LogP contribution in [0.1, 0.15) is 30.3 Å². The predicted octanol–water partition coefficient (Wildman–Crippen LogP) is 4.19. The van der Waals surface area contributed by atoms with Crippen molar-refractivity contribution in [3.63, 3.8) is 0 Å². The van der Waals surface area contributed by atoms with Crippen LogP contribution in [-0.4, -0.2) is 13.6 Å². The van der Waals surface area contributed by atoms with E-state index < -0.39 is 0 Å². The van der Waals surface area contributed by atoms with Crippen LogP contribution in [0.25, 0.3) is 0 Å². The zero-order valence-electron chi connectivity index (χ0n) is 12.2. The van der Waals surface area contributed by atoms with E-state index in [9.17, 15) is 4.39 Å². The Morgan fingerprint density at radius 1 is 1.30 bits per heavy atom. The van der Waals surface area contributed by atoms with E-state index in [2.05, 4.69) is 35.5 Å². The first-order valence-corrected chi connectivity index (χ1v) is 7.78. The summed E-state index contributed by atoms with van der Waals surface area (Å²) in [5.74, 6) is -0.150. The SMILES string of the molecule is CCN(Cc1cccs1)c1c(F)cccc1C(C)NC. The van der Waals surface area contributed by atoms with Crippen LogP contribution in [0.3, 0.4) is 0 Å². The molecular weight excluding hydrogens is 271 g/mol. The lowest BCUT2D eigenvalue weighted by Gasteiger charge is -2.27. The van der Waals surface area contributed by atoms with Gasteiger partial charge in [-0.1, -0.05) is 18.2 Å². The van der Waals surface area contributed by atoms with Crippen LogP contribution in [0, 0.1) is 5.82 Å². The number of hydrogen-bond donors (Lipinski definition) is 1. The van der Waals surface area contributed by atoms with E-state index in [4.69, 9.17) is 0 Å². The highest BCUT2D eigenvalue weighted by molar-refractivity contribution is 7.09. The van der Waals surface area contributed by atoms with Gasteiger partial charge in [-0.3, -0.25) is 0 Å². The third kappa shape index (κ3) is 3.19. The second kappa shape index (κ2) is 6.86. The minimum Gasteiger partial charge on any atom is -0.364 e. The van der Waals surface area contributed by atoms with Gasteiger partial charge < -0.3 is 10.2 Å². The summed E-state index contributed by atoms with van der Waals surface area (Å²) in [6.07, 6.45) is 0. The minimum atomic E-state index is -0.150. The second-order valence-electron chi connectivity index (χ2n) is 4.78. The molecule has 1 aromatic heterocycles. The predicted molar refractivity (Wildman–Crippen MR) is 84.9 cm³/mol. The summed E-state index contributed by atoms with van der Waals surface area (Å²) in [5.41, 5.74) is 1.72. The van der Waals surface area contributed by atoms with Gasteiger partial charge in [0.15, 0.2) is 0 Å². The van der Waals surface area contributed by atoms with Gasteiger partial charge in [0.05, 0.1) is 12.2 Å². The number of nitrogens with one attached hydrogen (secondary N) is 1. The van der Waals surface area contributed by atoms with Crippen molar-refractivity contribution in [2.24, 2.45) is 0 Å². The molecule has 0 aliphatic heterocycles. The van der Waals surface area contributed by atoms with Crippen molar-refractivity contribution in [3.05, 3.63) is 52.0 Å². The highest BCUT2D eigenvalue weighted by atomic mass is 32.1. The zero-order valence-corrected chi connectivity index (χ0v) is 13.0. The largest absolute Gasteiger partial charge is 0.364 e. The monoisotopic (exact) mass is 292 g/mol. The van der Waals surface area contributed by atoms with Gasteiger partial charge in [0.2, 0.25) is 0 Å². The molecule has 0 amide bonds. The van der Waals surface area contributed by atoms with Gasteiger partial charge in [-0.25, -0.2) is 4.39 Å². The van der Waals surface area contributed by atoms with Crippen LogP contribution < -0.4 is 10.2 Å². The molecule has 108 valence electrons. The van der Waals surface area contributed by atoms with E-state index in [1.165, 1.54) is 10.9 Å². The molecule has 20 heavy (non-hydrogen) atoms. The molecule has 1 atom stereocenters. The van der Waals surface area contributed by atoms with Crippen LogP contribution in [-0.2, 0) is 6.54 Å². The lowest BCUT2D eigenvalue weighted by Crippen LogP contribution is -2.26. The summed E-state index contributed by atoms with van der Waals surface area (Å²) in [7, 11) is 1.90. The van der Waals surface area contributed by atoms with Crippen LogP contribution >= 0.6 is 11.3 Å². The summed E-state index contributed by atoms with van der Waals surface area (Å²) in [6, 6.07) is 9.57. The summed E-state index contributed by atoms with van der Waals surface area (Å²) < 4.78 is 14.3. The maximum atomic E-state index is 14.3. The lowest BCUT2D eigenvalue weighted by atomic mass is 10.0. The van der Waals surface area contributed by atoms with E-state index in [1.54, 1.807) is 17.4 Å². The van der Waals surface area contributed by atoms with Gasteiger partial charge in [-0.05, 0) is 44.0 Å². The molecule has 0 fully saturated rings. The number of thiophene rings is 1. The third-order valence-electron chi connectivity index (χ3n) is 3.54. The van der Waals surface area contributed by atoms with E-state index in [1.807, 2.05) is 19.2 Å². The quantitative estimate of drug-likeness (QED) is 0.858. The number of halogens is 1. The average molecular weight is 292 g/mol. The van der Waals surface area contributed by atoms with Crippen LogP contribution in [0.15, 0.2) is 35.7 Å². The number of anilines is 1. The topological polar surface area (TPSA) is 15.3 Å². The molecule has 1 aromatic carbocycles. The van der Waals surface area contributed by atoms with Crippen molar-refractivity contribution in [2.75, 3.05) is 18.5 Å². The van der Waals surface area contributed by atoms with Crippen molar-refractivity contribution in [1.29, 1.82) is 0 Å². The zero-order chi connectivity index (χ0) is 14.5. The normalized spacial score (nSPS) is 12.4. The van der Waals surface area contributed by atoms with Gasteiger partial charge in [0.1, 0.15) is 5.82 Å². The van der Waals surface area contributed by atoms with Gasteiger partial charge >= 0.3 is 0 Å². The summed E-state index contributed by atoms with van der Waals surface area (Å²) in [5, 5.41) is 5.25. The number of nitrogens with zero attached hydrogens (tertiary/aromatic N) is 1. The Morgan fingerprint density at radius 2 is 2.10 bits per heavy atom. The van der Waals surface area contributed by atoms with Gasteiger partial charge in [0, 0.05) is 17.5 Å². The smallest absolute Gasteiger partial charge is 0.146 e. The van der Waals surface area contributed by atoms with Gasteiger partial charge in [-0.15, -0.1) is 11.3 Å². The molecule has 0 aliphatic rings. The fourth-order valence-electron chi connectivity index (χ4n) is 2.31. The highest BCUT2D eigenvalue weighted by Crippen LogP contribution is 2.30. The molecule has 0 aliphatic carbocycles. The van der Waals surface area contributed by atoms with E-state index in [-0.39, 0.29) is 11.9 Å². The Hall–Kier alpha value is -1.39. The Morgan fingerprint density at radius 3 is 2.70 bits per heavy atom. The Balaban J connectivity index is 2.37. The highest BCUT2D eigenvalue weighted by Gasteiger charge is 2.18. The summed E-state index contributed by atoms with van der Waals surface area (Å²) in [6.45, 7) is 5.64. The lowest BCUT2D eigenvalue weighted by molar-refractivity contribution is 0.598. The second-order valence-corrected chi connectivity index (χ2v) is 5.81. The molecule has 0 radical (unpaired) electrons. The third-order valence-corrected chi connectivity index (χ3v) is 4.40.